The van der Waals surface area contributed by atoms with Crippen molar-refractivity contribution >= 4 is 34.7 Å². The molecule has 0 unspecified atom stereocenters. The molecular weight excluding hydrogens is 380 g/mol. The van der Waals surface area contributed by atoms with Crippen LogP contribution in [-0.4, -0.2) is 21.9 Å². The number of rotatable bonds is 7. The Labute approximate surface area is 166 Å². The van der Waals surface area contributed by atoms with Crippen LogP contribution in [0.1, 0.15) is 5.56 Å². The summed E-state index contributed by atoms with van der Waals surface area (Å²) in [5.74, 6) is -0.0670. The van der Waals surface area contributed by atoms with Gasteiger partial charge in [0.2, 0.25) is 5.91 Å². The molecule has 28 heavy (non-hydrogen) atoms. The van der Waals surface area contributed by atoms with Gasteiger partial charge in [-0.1, -0.05) is 60.1 Å². The number of benzene rings is 2. The highest BCUT2D eigenvalue weighted by Gasteiger charge is 2.22. The van der Waals surface area contributed by atoms with Crippen LogP contribution in [0.5, 0.6) is 0 Å². The minimum atomic E-state index is -0.686. The van der Waals surface area contributed by atoms with Gasteiger partial charge in [0.1, 0.15) is 18.1 Å². The number of anilines is 2. The van der Waals surface area contributed by atoms with Crippen LogP contribution in [0, 0.1) is 10.1 Å². The van der Waals surface area contributed by atoms with Crippen molar-refractivity contribution in [2.24, 2.45) is 0 Å². The number of hydrogen-bond acceptors (Lipinski definition) is 5. The van der Waals surface area contributed by atoms with Gasteiger partial charge in [-0.25, -0.2) is 4.98 Å². The Morgan fingerprint density at radius 2 is 1.75 bits per heavy atom. The lowest BCUT2D eigenvalue weighted by molar-refractivity contribution is -0.385. The van der Waals surface area contributed by atoms with Crippen LogP contribution in [0.2, 0.25) is 5.02 Å². The number of halogens is 1. The summed E-state index contributed by atoms with van der Waals surface area (Å²) in [7, 11) is 0. The first kappa shape index (κ1) is 19.3. The highest BCUT2D eigenvalue weighted by atomic mass is 35.5. The maximum atomic E-state index is 12.9. The van der Waals surface area contributed by atoms with Gasteiger partial charge < -0.3 is 10.6 Å². The van der Waals surface area contributed by atoms with Gasteiger partial charge in [0.05, 0.1) is 9.95 Å². The first-order valence-electron chi connectivity index (χ1n) is 8.49. The predicted molar refractivity (Wildman–Crippen MR) is 109 cm³/mol. The van der Waals surface area contributed by atoms with Crippen molar-refractivity contribution in [3.63, 3.8) is 0 Å². The van der Waals surface area contributed by atoms with E-state index in [0.717, 1.165) is 11.8 Å². The van der Waals surface area contributed by atoms with E-state index in [1.807, 2.05) is 48.5 Å². The molecule has 1 amide bonds. The first-order chi connectivity index (χ1) is 13.5. The minimum absolute atomic E-state index is 0.0692. The summed E-state index contributed by atoms with van der Waals surface area (Å²) in [5.41, 5.74) is 1.39. The summed E-state index contributed by atoms with van der Waals surface area (Å²) in [4.78, 5) is 27.1. The van der Waals surface area contributed by atoms with Crippen LogP contribution in [-0.2, 0) is 11.2 Å². The largest absolute Gasteiger partial charge is 0.357 e. The fourth-order valence-electron chi connectivity index (χ4n) is 2.61. The number of para-hydroxylation sites is 1. The van der Waals surface area contributed by atoms with Crippen molar-refractivity contribution in [1.82, 2.24) is 4.98 Å². The Hall–Kier alpha value is -3.45. The van der Waals surface area contributed by atoms with Gasteiger partial charge in [0, 0.05) is 18.2 Å². The normalized spacial score (nSPS) is 11.5. The molecule has 7 nitrogen and oxygen atoms in total. The molecule has 3 rings (SSSR count). The highest BCUT2D eigenvalue weighted by Crippen LogP contribution is 2.25. The summed E-state index contributed by atoms with van der Waals surface area (Å²) < 4.78 is 0. The SMILES string of the molecule is O=C(Nc1ccccc1)[C@@H](Cc1ccccc1)Nc1ncc([N+](=O)[O-])cc1Cl. The van der Waals surface area contributed by atoms with Gasteiger partial charge in [-0.2, -0.15) is 0 Å². The Bertz CT molecular complexity index is 968. The number of nitro groups is 1. The third-order valence-corrected chi connectivity index (χ3v) is 4.28. The molecule has 0 spiro atoms. The summed E-state index contributed by atoms with van der Waals surface area (Å²) in [6.07, 6.45) is 1.48. The number of carbonyl (C=O) groups is 1. The molecule has 0 aliphatic rings. The Balaban J connectivity index is 1.83. The quantitative estimate of drug-likeness (QED) is 0.458. The third-order valence-electron chi connectivity index (χ3n) is 3.99. The molecule has 1 atom stereocenters. The molecule has 2 aromatic carbocycles. The van der Waals surface area contributed by atoms with Gasteiger partial charge in [-0.05, 0) is 17.7 Å². The van der Waals surface area contributed by atoms with Crippen LogP contribution >= 0.6 is 11.6 Å². The molecule has 0 aliphatic heterocycles. The number of aromatic nitrogens is 1. The van der Waals surface area contributed by atoms with E-state index in [0.29, 0.717) is 12.1 Å². The molecule has 1 aromatic heterocycles. The molecule has 0 radical (unpaired) electrons. The second-order valence-electron chi connectivity index (χ2n) is 6.02. The smallest absolute Gasteiger partial charge is 0.289 e. The number of amides is 1. The van der Waals surface area contributed by atoms with Crippen molar-refractivity contribution in [1.29, 1.82) is 0 Å². The lowest BCUT2D eigenvalue weighted by Crippen LogP contribution is -2.37. The molecule has 0 saturated heterocycles. The standard InChI is InChI=1S/C20H17ClN4O3/c21-17-12-16(25(27)28)13-22-19(17)24-18(11-14-7-3-1-4-8-14)20(26)23-15-9-5-2-6-10-15/h1-10,12-13,18H,11H2,(H,22,24)(H,23,26)/t18-/m1/s1. The summed E-state index contributed by atoms with van der Waals surface area (Å²) in [6, 6.07) is 19.1. The van der Waals surface area contributed by atoms with Crippen LogP contribution in [0.25, 0.3) is 0 Å². The molecule has 2 N–H and O–H groups in total. The number of hydrogen-bond donors (Lipinski definition) is 2. The van der Waals surface area contributed by atoms with E-state index in [1.54, 1.807) is 12.1 Å². The van der Waals surface area contributed by atoms with E-state index in [4.69, 9.17) is 11.6 Å². The van der Waals surface area contributed by atoms with Crippen molar-refractivity contribution in [2.45, 2.75) is 12.5 Å². The topological polar surface area (TPSA) is 97.2 Å². The van der Waals surface area contributed by atoms with Crippen molar-refractivity contribution in [2.75, 3.05) is 10.6 Å². The lowest BCUT2D eigenvalue weighted by Gasteiger charge is -2.20. The minimum Gasteiger partial charge on any atom is -0.357 e. The summed E-state index contributed by atoms with van der Waals surface area (Å²) in [5, 5.41) is 16.8. The van der Waals surface area contributed by atoms with E-state index in [2.05, 4.69) is 15.6 Å². The van der Waals surface area contributed by atoms with Gasteiger partial charge in [-0.3, -0.25) is 14.9 Å². The molecule has 0 aliphatic carbocycles. The number of nitrogens with zero attached hydrogens (tertiary/aromatic N) is 2. The van der Waals surface area contributed by atoms with Gasteiger partial charge in [0.25, 0.3) is 5.69 Å². The van der Waals surface area contributed by atoms with E-state index < -0.39 is 11.0 Å². The molecule has 3 aromatic rings. The van der Waals surface area contributed by atoms with E-state index in [9.17, 15) is 14.9 Å². The zero-order valence-electron chi connectivity index (χ0n) is 14.7. The van der Waals surface area contributed by atoms with Gasteiger partial charge in [-0.15, -0.1) is 0 Å². The van der Waals surface area contributed by atoms with E-state index in [1.165, 1.54) is 6.07 Å². The fraction of sp³-hybridized carbons (Fsp3) is 0.100. The molecule has 0 bridgehead atoms. The van der Waals surface area contributed by atoms with Crippen molar-refractivity contribution in [3.8, 4) is 0 Å². The number of nitrogens with one attached hydrogen (secondary N) is 2. The third kappa shape index (κ3) is 5.05. The average molecular weight is 397 g/mol. The first-order valence-corrected chi connectivity index (χ1v) is 8.87. The predicted octanol–water partition coefficient (Wildman–Crippen LogP) is 4.31. The van der Waals surface area contributed by atoms with Crippen molar-refractivity contribution in [3.05, 3.63) is 93.6 Å². The van der Waals surface area contributed by atoms with Crippen LogP contribution < -0.4 is 10.6 Å². The summed E-state index contributed by atoms with van der Waals surface area (Å²) >= 11 is 6.12. The molecule has 0 saturated carbocycles. The maximum Gasteiger partial charge on any atom is 0.289 e. The highest BCUT2D eigenvalue weighted by molar-refractivity contribution is 6.33. The monoisotopic (exact) mass is 396 g/mol. The van der Waals surface area contributed by atoms with Gasteiger partial charge in [0.15, 0.2) is 0 Å². The van der Waals surface area contributed by atoms with Crippen molar-refractivity contribution < 1.29 is 9.72 Å². The molecule has 0 fully saturated rings. The van der Waals surface area contributed by atoms with Gasteiger partial charge >= 0.3 is 0 Å². The number of pyridine rings is 1. The van der Waals surface area contributed by atoms with E-state index >= 15 is 0 Å². The zero-order chi connectivity index (χ0) is 19.9. The molecular formula is C20H17ClN4O3. The second kappa shape index (κ2) is 8.96. The number of carbonyl (C=O) groups excluding carboxylic acids is 1. The van der Waals surface area contributed by atoms with Crippen LogP contribution in [0.15, 0.2) is 72.9 Å². The molecule has 1 heterocycles. The Kier molecular flexibility index (Phi) is 6.18. The summed E-state index contributed by atoms with van der Waals surface area (Å²) in [6.45, 7) is 0. The lowest BCUT2D eigenvalue weighted by atomic mass is 10.0. The Morgan fingerprint density at radius 1 is 1.11 bits per heavy atom. The zero-order valence-corrected chi connectivity index (χ0v) is 15.5. The maximum absolute atomic E-state index is 12.9. The fourth-order valence-corrected chi connectivity index (χ4v) is 2.82. The molecule has 142 valence electrons. The van der Waals surface area contributed by atoms with Crippen LogP contribution in [0.4, 0.5) is 17.2 Å². The molecule has 8 heteroatoms. The second-order valence-corrected chi connectivity index (χ2v) is 6.43. The average Bonchev–Trinajstić information content (AvgIpc) is 2.70. The van der Waals surface area contributed by atoms with Crippen LogP contribution in [0.3, 0.4) is 0 Å². The van der Waals surface area contributed by atoms with E-state index in [-0.39, 0.29) is 22.4 Å². The Morgan fingerprint density at radius 3 is 2.36 bits per heavy atom.